The molecule has 0 unspecified atom stereocenters. The normalized spacial score (nSPS) is 11.0. The van der Waals surface area contributed by atoms with Crippen molar-refractivity contribution in [1.82, 2.24) is 0 Å². The second kappa shape index (κ2) is 9.39. The number of unbranched alkanes of at least 4 members (excludes halogenated alkanes) is 1. The first kappa shape index (κ1) is 15.8. The van der Waals surface area contributed by atoms with E-state index < -0.39 is 0 Å². The highest BCUT2D eigenvalue weighted by molar-refractivity contribution is 5.15. The van der Waals surface area contributed by atoms with Crippen molar-refractivity contribution in [3.8, 4) is 0 Å². The molecule has 0 radical (unpaired) electrons. The van der Waals surface area contributed by atoms with Gasteiger partial charge in [0.25, 0.3) is 0 Å². The van der Waals surface area contributed by atoms with Crippen molar-refractivity contribution >= 4 is 0 Å². The molecule has 0 fully saturated rings. The summed E-state index contributed by atoms with van der Waals surface area (Å²) in [5, 5.41) is 0. The lowest BCUT2D eigenvalue weighted by molar-refractivity contribution is 0.406. The first-order chi connectivity index (χ1) is 10.4. The fraction of sp³-hybridized carbons (Fsp3) is 0.429. The van der Waals surface area contributed by atoms with E-state index in [0.29, 0.717) is 0 Å². The summed E-state index contributed by atoms with van der Waals surface area (Å²) in [4.78, 5) is 0. The lowest BCUT2D eigenvalue weighted by Gasteiger charge is -2.17. The Morgan fingerprint density at radius 2 is 1.14 bits per heavy atom. The molecule has 0 N–H and O–H groups in total. The van der Waals surface area contributed by atoms with Crippen LogP contribution < -0.4 is 0 Å². The molecule has 0 atom stereocenters. The van der Waals surface area contributed by atoms with Crippen molar-refractivity contribution in [2.24, 2.45) is 5.92 Å². The van der Waals surface area contributed by atoms with E-state index in [2.05, 4.69) is 67.6 Å². The van der Waals surface area contributed by atoms with Crippen LogP contribution in [0.2, 0.25) is 0 Å². The van der Waals surface area contributed by atoms with E-state index >= 15 is 0 Å². The van der Waals surface area contributed by atoms with Crippen molar-refractivity contribution in [1.29, 1.82) is 0 Å². The highest BCUT2D eigenvalue weighted by Gasteiger charge is 2.09. The van der Waals surface area contributed by atoms with Gasteiger partial charge in [0.1, 0.15) is 0 Å². The topological polar surface area (TPSA) is 0 Å². The van der Waals surface area contributed by atoms with E-state index in [4.69, 9.17) is 0 Å². The zero-order chi connectivity index (χ0) is 14.8. The zero-order valence-electron chi connectivity index (χ0n) is 13.3. The van der Waals surface area contributed by atoms with Crippen molar-refractivity contribution < 1.29 is 0 Å². The molecule has 2 aromatic carbocycles. The SMILES string of the molecule is CCCCC(CCc1ccccc1)CCc1ccccc1. The van der Waals surface area contributed by atoms with Crippen molar-refractivity contribution in [2.75, 3.05) is 0 Å². The molecule has 0 aliphatic rings. The summed E-state index contributed by atoms with van der Waals surface area (Å²) >= 11 is 0. The van der Waals surface area contributed by atoms with Crippen LogP contribution in [0.4, 0.5) is 0 Å². The standard InChI is InChI=1S/C21H28/c1-2-3-10-21(17-15-19-11-6-4-7-12-19)18-16-20-13-8-5-9-14-20/h4-9,11-14,21H,2-3,10,15-18H2,1H3. The minimum absolute atomic E-state index is 0.866. The van der Waals surface area contributed by atoms with E-state index in [1.807, 2.05) is 0 Å². The fourth-order valence-electron chi connectivity index (χ4n) is 2.96. The molecule has 0 spiro atoms. The molecular formula is C21H28. The predicted molar refractivity (Wildman–Crippen MR) is 92.5 cm³/mol. The Balaban J connectivity index is 1.82. The van der Waals surface area contributed by atoms with Crippen molar-refractivity contribution in [2.45, 2.75) is 51.9 Å². The van der Waals surface area contributed by atoms with Gasteiger partial charge in [-0.05, 0) is 42.7 Å². The summed E-state index contributed by atoms with van der Waals surface area (Å²) in [6.07, 6.45) is 9.18. The minimum atomic E-state index is 0.866. The number of benzene rings is 2. The maximum atomic E-state index is 2.30. The Hall–Kier alpha value is -1.56. The Morgan fingerprint density at radius 3 is 1.57 bits per heavy atom. The molecule has 112 valence electrons. The van der Waals surface area contributed by atoms with Gasteiger partial charge in [-0.15, -0.1) is 0 Å². The van der Waals surface area contributed by atoms with Crippen LogP contribution in [-0.2, 0) is 12.8 Å². The third kappa shape index (κ3) is 6.16. The first-order valence-corrected chi connectivity index (χ1v) is 8.46. The van der Waals surface area contributed by atoms with Crippen LogP contribution in [0.1, 0.15) is 50.2 Å². The summed E-state index contributed by atoms with van der Waals surface area (Å²) in [5.41, 5.74) is 2.97. The maximum Gasteiger partial charge on any atom is -0.0276 e. The molecule has 0 saturated heterocycles. The smallest absolute Gasteiger partial charge is 0.0276 e. The largest absolute Gasteiger partial charge is 0.0654 e. The van der Waals surface area contributed by atoms with Gasteiger partial charge in [0.2, 0.25) is 0 Å². The van der Waals surface area contributed by atoms with Gasteiger partial charge < -0.3 is 0 Å². The third-order valence-electron chi connectivity index (χ3n) is 4.33. The van der Waals surface area contributed by atoms with Gasteiger partial charge in [0.05, 0.1) is 0 Å². The quantitative estimate of drug-likeness (QED) is 0.524. The fourth-order valence-corrected chi connectivity index (χ4v) is 2.96. The third-order valence-corrected chi connectivity index (χ3v) is 4.33. The van der Waals surface area contributed by atoms with Crippen LogP contribution in [-0.4, -0.2) is 0 Å². The number of rotatable bonds is 9. The average Bonchev–Trinajstić information content (AvgIpc) is 2.56. The van der Waals surface area contributed by atoms with E-state index in [0.717, 1.165) is 5.92 Å². The van der Waals surface area contributed by atoms with Crippen LogP contribution in [0.15, 0.2) is 60.7 Å². The number of aryl methyl sites for hydroxylation is 2. The molecule has 0 amide bonds. The van der Waals surface area contributed by atoms with E-state index in [1.54, 1.807) is 0 Å². The van der Waals surface area contributed by atoms with Gasteiger partial charge in [-0.1, -0.05) is 86.8 Å². The number of hydrogen-bond acceptors (Lipinski definition) is 0. The van der Waals surface area contributed by atoms with Crippen LogP contribution in [0.25, 0.3) is 0 Å². The van der Waals surface area contributed by atoms with Crippen LogP contribution in [0, 0.1) is 5.92 Å². The molecule has 2 aromatic rings. The monoisotopic (exact) mass is 280 g/mol. The summed E-state index contributed by atoms with van der Waals surface area (Å²) in [7, 11) is 0. The summed E-state index contributed by atoms with van der Waals surface area (Å²) in [6, 6.07) is 21.9. The van der Waals surface area contributed by atoms with Crippen molar-refractivity contribution in [3.63, 3.8) is 0 Å². The summed E-state index contributed by atoms with van der Waals surface area (Å²) < 4.78 is 0. The second-order valence-electron chi connectivity index (χ2n) is 6.06. The first-order valence-electron chi connectivity index (χ1n) is 8.46. The Kier molecular flexibility index (Phi) is 7.07. The molecule has 21 heavy (non-hydrogen) atoms. The lowest BCUT2D eigenvalue weighted by Crippen LogP contribution is -2.04. The lowest BCUT2D eigenvalue weighted by atomic mass is 9.89. The molecule has 0 aromatic heterocycles. The van der Waals surface area contributed by atoms with Gasteiger partial charge >= 0.3 is 0 Å². The van der Waals surface area contributed by atoms with Gasteiger partial charge in [-0.3, -0.25) is 0 Å². The highest BCUT2D eigenvalue weighted by Crippen LogP contribution is 2.22. The van der Waals surface area contributed by atoms with Gasteiger partial charge in [-0.2, -0.15) is 0 Å². The maximum absolute atomic E-state index is 2.30. The minimum Gasteiger partial charge on any atom is -0.0654 e. The highest BCUT2D eigenvalue weighted by atomic mass is 14.1. The zero-order valence-corrected chi connectivity index (χ0v) is 13.3. The molecule has 0 heterocycles. The number of hydrogen-bond donors (Lipinski definition) is 0. The molecule has 2 rings (SSSR count). The summed E-state index contributed by atoms with van der Waals surface area (Å²) in [5.74, 6) is 0.866. The summed E-state index contributed by atoms with van der Waals surface area (Å²) in [6.45, 7) is 2.30. The molecule has 0 aliphatic carbocycles. The van der Waals surface area contributed by atoms with E-state index in [1.165, 1.54) is 56.1 Å². The van der Waals surface area contributed by atoms with Gasteiger partial charge in [0.15, 0.2) is 0 Å². The molecule has 0 saturated carbocycles. The average molecular weight is 280 g/mol. The van der Waals surface area contributed by atoms with Crippen LogP contribution in [0.3, 0.4) is 0 Å². The second-order valence-corrected chi connectivity index (χ2v) is 6.06. The molecule has 0 bridgehead atoms. The Labute approximate surface area is 130 Å². The van der Waals surface area contributed by atoms with Gasteiger partial charge in [0, 0.05) is 0 Å². The van der Waals surface area contributed by atoms with E-state index in [9.17, 15) is 0 Å². The van der Waals surface area contributed by atoms with Crippen LogP contribution >= 0.6 is 0 Å². The molecule has 0 heteroatoms. The van der Waals surface area contributed by atoms with Crippen molar-refractivity contribution in [3.05, 3.63) is 71.8 Å². The van der Waals surface area contributed by atoms with E-state index in [-0.39, 0.29) is 0 Å². The molecule has 0 nitrogen and oxygen atoms in total. The van der Waals surface area contributed by atoms with Gasteiger partial charge in [-0.25, -0.2) is 0 Å². The molecule has 0 aliphatic heterocycles. The Morgan fingerprint density at radius 1 is 0.667 bits per heavy atom. The molecular weight excluding hydrogens is 252 g/mol. The van der Waals surface area contributed by atoms with Crippen LogP contribution in [0.5, 0.6) is 0 Å². The predicted octanol–water partition coefficient (Wildman–Crippen LogP) is 6.06. The Bertz CT molecular complexity index is 428.